The zero-order valence-electron chi connectivity index (χ0n) is 35.1. The van der Waals surface area contributed by atoms with Crippen LogP contribution in [-0.2, 0) is 0 Å². The second kappa shape index (κ2) is 14.7. The van der Waals surface area contributed by atoms with Crippen molar-refractivity contribution in [1.82, 2.24) is 0 Å². The van der Waals surface area contributed by atoms with Crippen LogP contribution in [0.25, 0.3) is 131 Å². The second-order valence-electron chi connectivity index (χ2n) is 17.1. The van der Waals surface area contributed by atoms with Gasteiger partial charge in [-0.1, -0.05) is 224 Å². The Hall–Kier alpha value is -8.32. The minimum Gasteiger partial charge on any atom is -0.0622 e. The summed E-state index contributed by atoms with van der Waals surface area (Å²) in [5.41, 5.74) is 12.4. The molecule has 0 nitrogen and oxygen atoms in total. The first-order valence-electron chi connectivity index (χ1n) is 22.2. The van der Waals surface area contributed by atoms with Gasteiger partial charge in [-0.2, -0.15) is 0 Å². The Morgan fingerprint density at radius 1 is 0.156 bits per heavy atom. The molecular weight excluding hydrogens is 769 g/mol. The molecule has 0 N–H and O–H groups in total. The Morgan fingerprint density at radius 3 is 1.08 bits per heavy atom. The maximum Gasteiger partial charge on any atom is -0.00201 e. The minimum absolute atomic E-state index is 1.20. The summed E-state index contributed by atoms with van der Waals surface area (Å²) in [6.45, 7) is 0. The zero-order valence-corrected chi connectivity index (χ0v) is 35.1. The molecule has 0 heterocycles. The van der Waals surface area contributed by atoms with Crippen molar-refractivity contribution in [2.24, 2.45) is 0 Å². The van der Waals surface area contributed by atoms with Crippen LogP contribution in [0.15, 0.2) is 243 Å². The molecule has 13 aromatic rings. The first kappa shape index (κ1) is 36.3. The van der Waals surface area contributed by atoms with Crippen LogP contribution < -0.4 is 0 Å². The highest BCUT2D eigenvalue weighted by molar-refractivity contribution is 6.25. The third-order valence-electron chi connectivity index (χ3n) is 13.6. The minimum atomic E-state index is 1.20. The van der Waals surface area contributed by atoms with Crippen molar-refractivity contribution in [3.8, 4) is 55.6 Å². The van der Waals surface area contributed by atoms with Gasteiger partial charge in [0.1, 0.15) is 0 Å². The van der Waals surface area contributed by atoms with Gasteiger partial charge in [-0.25, -0.2) is 0 Å². The fourth-order valence-electron chi connectivity index (χ4n) is 10.8. The average Bonchev–Trinajstić information content (AvgIpc) is 3.36. The monoisotopic (exact) mass is 808 g/mol. The first-order chi connectivity index (χ1) is 31.8. The van der Waals surface area contributed by atoms with Gasteiger partial charge >= 0.3 is 0 Å². The maximum absolute atomic E-state index is 2.47. The summed E-state index contributed by atoms with van der Waals surface area (Å²) in [7, 11) is 0. The van der Waals surface area contributed by atoms with E-state index in [-0.39, 0.29) is 0 Å². The third kappa shape index (κ3) is 5.70. The van der Waals surface area contributed by atoms with Crippen molar-refractivity contribution in [2.45, 2.75) is 0 Å². The molecule has 0 spiro atoms. The molecule has 0 amide bonds. The van der Waals surface area contributed by atoms with Crippen LogP contribution in [0.5, 0.6) is 0 Å². The van der Waals surface area contributed by atoms with E-state index in [4.69, 9.17) is 0 Å². The van der Waals surface area contributed by atoms with Gasteiger partial charge < -0.3 is 0 Å². The van der Waals surface area contributed by atoms with Crippen LogP contribution in [0.2, 0.25) is 0 Å². The normalized spacial score (nSPS) is 11.8. The highest BCUT2D eigenvalue weighted by Gasteiger charge is 2.21. The molecule has 0 unspecified atom stereocenters. The molecule has 0 saturated heterocycles. The largest absolute Gasteiger partial charge is 0.0622 e. The summed E-state index contributed by atoms with van der Waals surface area (Å²) in [6.07, 6.45) is 0. The second-order valence-corrected chi connectivity index (χ2v) is 17.1. The number of fused-ring (bicyclic) bond motifs is 7. The van der Waals surface area contributed by atoms with E-state index in [1.807, 2.05) is 0 Å². The quantitative estimate of drug-likeness (QED) is 0.152. The average molecular weight is 809 g/mol. The van der Waals surface area contributed by atoms with E-state index >= 15 is 0 Å². The molecule has 0 bridgehead atoms. The summed E-state index contributed by atoms with van der Waals surface area (Å²) < 4.78 is 0. The standard InChI is InChI=1S/C64H40/c1-2-18-43(19-3-1)61-55-24-10-12-26-57(55)64(58-27-13-11-25-56(58)61)52-31-15-29-50-49(28-14-30-51(50)52)46-36-37-59-60(40-46)63(48-35-33-42-17-5-7-21-45(42)39-48)54-23-9-8-22-53(54)62(59)47-34-32-41-16-4-6-20-44(41)38-47/h1-40H. The van der Waals surface area contributed by atoms with Crippen LogP contribution in [0.3, 0.4) is 0 Å². The molecule has 0 aliphatic heterocycles. The molecule has 296 valence electrons. The molecular formula is C64H40. The Kier molecular flexibility index (Phi) is 8.32. The van der Waals surface area contributed by atoms with Crippen LogP contribution in [0, 0.1) is 0 Å². The lowest BCUT2D eigenvalue weighted by atomic mass is 9.83. The topological polar surface area (TPSA) is 0 Å². The van der Waals surface area contributed by atoms with E-state index in [9.17, 15) is 0 Å². The van der Waals surface area contributed by atoms with Gasteiger partial charge in [0, 0.05) is 0 Å². The molecule has 64 heavy (non-hydrogen) atoms. The smallest absolute Gasteiger partial charge is 0.00201 e. The molecule has 13 rings (SSSR count). The maximum atomic E-state index is 2.47. The van der Waals surface area contributed by atoms with E-state index in [0.717, 1.165) is 0 Å². The van der Waals surface area contributed by atoms with Gasteiger partial charge in [0.2, 0.25) is 0 Å². The Bertz CT molecular complexity index is 3950. The van der Waals surface area contributed by atoms with Crippen molar-refractivity contribution in [3.63, 3.8) is 0 Å². The fraction of sp³-hybridized carbons (Fsp3) is 0. The molecule has 13 aromatic carbocycles. The molecule has 0 aliphatic rings. The van der Waals surface area contributed by atoms with Crippen molar-refractivity contribution in [3.05, 3.63) is 243 Å². The van der Waals surface area contributed by atoms with Gasteiger partial charge in [0.05, 0.1) is 0 Å². The highest BCUT2D eigenvalue weighted by Crippen LogP contribution is 2.48. The summed E-state index contributed by atoms with van der Waals surface area (Å²) in [5, 5.41) is 17.5. The van der Waals surface area contributed by atoms with Crippen molar-refractivity contribution in [1.29, 1.82) is 0 Å². The van der Waals surface area contributed by atoms with Crippen LogP contribution in [0.1, 0.15) is 0 Å². The Morgan fingerprint density at radius 2 is 0.531 bits per heavy atom. The predicted octanol–water partition coefficient (Wildman–Crippen LogP) is 18.1. The molecule has 0 atom stereocenters. The summed E-state index contributed by atoms with van der Waals surface area (Å²) >= 11 is 0. The fourth-order valence-corrected chi connectivity index (χ4v) is 10.8. The van der Waals surface area contributed by atoms with Gasteiger partial charge in [-0.05, 0) is 149 Å². The molecule has 0 saturated carbocycles. The van der Waals surface area contributed by atoms with E-state index in [0.29, 0.717) is 0 Å². The van der Waals surface area contributed by atoms with E-state index < -0.39 is 0 Å². The van der Waals surface area contributed by atoms with Gasteiger partial charge in [0.25, 0.3) is 0 Å². The zero-order chi connectivity index (χ0) is 42.1. The summed E-state index contributed by atoms with van der Waals surface area (Å²) in [6, 6.07) is 90.0. The molecule has 0 aromatic heterocycles. The van der Waals surface area contributed by atoms with Crippen LogP contribution >= 0.6 is 0 Å². The molecule has 0 heteroatoms. The van der Waals surface area contributed by atoms with Crippen molar-refractivity contribution < 1.29 is 0 Å². The Balaban J connectivity index is 1.08. The molecule has 0 radical (unpaired) electrons. The summed E-state index contributed by atoms with van der Waals surface area (Å²) in [4.78, 5) is 0. The third-order valence-corrected chi connectivity index (χ3v) is 13.6. The van der Waals surface area contributed by atoms with Gasteiger partial charge in [-0.3, -0.25) is 0 Å². The van der Waals surface area contributed by atoms with Crippen molar-refractivity contribution >= 4 is 75.4 Å². The van der Waals surface area contributed by atoms with E-state index in [2.05, 4.69) is 243 Å². The lowest BCUT2D eigenvalue weighted by molar-refractivity contribution is 1.65. The van der Waals surface area contributed by atoms with E-state index in [1.54, 1.807) is 0 Å². The van der Waals surface area contributed by atoms with Crippen LogP contribution in [0.4, 0.5) is 0 Å². The number of hydrogen-bond acceptors (Lipinski definition) is 0. The SMILES string of the molecule is c1ccc(-c2c3ccccc3c(-c3cccc4c(-c5ccc6c(-c7ccc8ccccc8c7)c7ccccc7c(-c7ccc8ccccc8c7)c6c5)cccc34)c3ccccc23)cc1. The van der Waals surface area contributed by atoms with Gasteiger partial charge in [-0.15, -0.1) is 0 Å². The molecule has 0 aliphatic carbocycles. The van der Waals surface area contributed by atoms with Crippen molar-refractivity contribution in [2.75, 3.05) is 0 Å². The summed E-state index contributed by atoms with van der Waals surface area (Å²) in [5.74, 6) is 0. The molecule has 0 fully saturated rings. The van der Waals surface area contributed by atoms with Crippen LogP contribution in [-0.4, -0.2) is 0 Å². The van der Waals surface area contributed by atoms with E-state index in [1.165, 1.54) is 131 Å². The number of benzene rings is 13. The number of rotatable bonds is 5. The highest BCUT2D eigenvalue weighted by atomic mass is 14.2. The van der Waals surface area contributed by atoms with Gasteiger partial charge in [0.15, 0.2) is 0 Å². The predicted molar refractivity (Wildman–Crippen MR) is 276 cm³/mol. The lowest BCUT2D eigenvalue weighted by Crippen LogP contribution is -1.93. The number of hydrogen-bond donors (Lipinski definition) is 0. The first-order valence-corrected chi connectivity index (χ1v) is 22.2. The Labute approximate surface area is 371 Å². The lowest BCUT2D eigenvalue weighted by Gasteiger charge is -2.20.